The molecule has 2 aromatic rings. The number of amidine groups is 1. The molecular weight excluding hydrogens is 256 g/mol. The minimum Gasteiger partial charge on any atom is -0.357 e. The SMILES string of the molecule is N=C(c1ccccc1)N1CCC(Cc2ccccc2)CC1. The molecule has 1 saturated heterocycles. The van der Waals surface area contributed by atoms with Crippen LogP contribution in [0.25, 0.3) is 0 Å². The summed E-state index contributed by atoms with van der Waals surface area (Å²) in [5.41, 5.74) is 2.47. The highest BCUT2D eigenvalue weighted by atomic mass is 15.2. The van der Waals surface area contributed by atoms with Crippen molar-refractivity contribution in [3.8, 4) is 0 Å². The predicted molar refractivity (Wildman–Crippen MR) is 87.7 cm³/mol. The molecule has 1 fully saturated rings. The van der Waals surface area contributed by atoms with E-state index in [1.807, 2.05) is 30.3 Å². The first-order valence-corrected chi connectivity index (χ1v) is 7.76. The monoisotopic (exact) mass is 278 g/mol. The molecule has 0 spiro atoms. The lowest BCUT2D eigenvalue weighted by molar-refractivity contribution is 0.264. The minimum atomic E-state index is 0.675. The van der Waals surface area contributed by atoms with Crippen LogP contribution in [0.2, 0.25) is 0 Å². The van der Waals surface area contributed by atoms with Gasteiger partial charge in [0.05, 0.1) is 0 Å². The molecule has 2 heteroatoms. The van der Waals surface area contributed by atoms with Crippen molar-refractivity contribution in [3.63, 3.8) is 0 Å². The van der Waals surface area contributed by atoms with Crippen molar-refractivity contribution in [2.24, 2.45) is 5.92 Å². The summed E-state index contributed by atoms with van der Waals surface area (Å²) < 4.78 is 0. The Hall–Kier alpha value is -2.09. The Labute approximate surface area is 126 Å². The first-order valence-electron chi connectivity index (χ1n) is 7.76. The van der Waals surface area contributed by atoms with E-state index < -0.39 is 0 Å². The largest absolute Gasteiger partial charge is 0.357 e. The van der Waals surface area contributed by atoms with Gasteiger partial charge in [-0.15, -0.1) is 0 Å². The smallest absolute Gasteiger partial charge is 0.128 e. The fourth-order valence-corrected chi connectivity index (χ4v) is 3.09. The normalized spacial score (nSPS) is 15.9. The van der Waals surface area contributed by atoms with Crippen molar-refractivity contribution in [1.82, 2.24) is 4.90 Å². The summed E-state index contributed by atoms with van der Waals surface area (Å²) in [5, 5.41) is 8.34. The topological polar surface area (TPSA) is 27.1 Å². The van der Waals surface area contributed by atoms with Gasteiger partial charge in [-0.1, -0.05) is 60.7 Å². The van der Waals surface area contributed by atoms with Crippen LogP contribution in [-0.2, 0) is 6.42 Å². The van der Waals surface area contributed by atoms with Gasteiger partial charge in [0.15, 0.2) is 0 Å². The number of rotatable bonds is 3. The molecular formula is C19H22N2. The number of benzene rings is 2. The van der Waals surface area contributed by atoms with Crippen LogP contribution in [0.1, 0.15) is 24.0 Å². The van der Waals surface area contributed by atoms with E-state index in [4.69, 9.17) is 5.41 Å². The lowest BCUT2D eigenvalue weighted by Crippen LogP contribution is -2.38. The van der Waals surface area contributed by atoms with E-state index in [1.54, 1.807) is 0 Å². The van der Waals surface area contributed by atoms with Crippen LogP contribution >= 0.6 is 0 Å². The predicted octanol–water partition coefficient (Wildman–Crippen LogP) is 3.97. The second kappa shape index (κ2) is 6.57. The van der Waals surface area contributed by atoms with Crippen molar-refractivity contribution in [1.29, 1.82) is 5.41 Å². The fraction of sp³-hybridized carbons (Fsp3) is 0.316. The number of hydrogen-bond acceptors (Lipinski definition) is 1. The Kier molecular flexibility index (Phi) is 4.34. The van der Waals surface area contributed by atoms with Crippen LogP contribution in [0.3, 0.4) is 0 Å². The minimum absolute atomic E-state index is 0.675. The maximum atomic E-state index is 8.34. The Morgan fingerprint density at radius 3 is 2.10 bits per heavy atom. The third-order valence-electron chi connectivity index (χ3n) is 4.35. The first-order chi connectivity index (χ1) is 10.3. The second-order valence-electron chi connectivity index (χ2n) is 5.83. The van der Waals surface area contributed by atoms with E-state index in [-0.39, 0.29) is 0 Å². The van der Waals surface area contributed by atoms with Crippen molar-refractivity contribution in [2.45, 2.75) is 19.3 Å². The van der Waals surface area contributed by atoms with E-state index in [0.717, 1.165) is 24.6 Å². The van der Waals surface area contributed by atoms with Crippen LogP contribution in [-0.4, -0.2) is 23.8 Å². The molecule has 2 aromatic carbocycles. The molecule has 21 heavy (non-hydrogen) atoms. The van der Waals surface area contributed by atoms with Gasteiger partial charge < -0.3 is 4.90 Å². The summed E-state index contributed by atoms with van der Waals surface area (Å²) in [4.78, 5) is 2.22. The molecule has 0 atom stereocenters. The molecule has 2 nitrogen and oxygen atoms in total. The highest BCUT2D eigenvalue weighted by molar-refractivity contribution is 5.96. The van der Waals surface area contributed by atoms with Crippen LogP contribution in [0.4, 0.5) is 0 Å². The Morgan fingerprint density at radius 2 is 1.48 bits per heavy atom. The van der Waals surface area contributed by atoms with Gasteiger partial charge >= 0.3 is 0 Å². The van der Waals surface area contributed by atoms with E-state index in [9.17, 15) is 0 Å². The van der Waals surface area contributed by atoms with E-state index in [2.05, 4.69) is 35.2 Å². The maximum Gasteiger partial charge on any atom is 0.128 e. The van der Waals surface area contributed by atoms with Crippen LogP contribution < -0.4 is 0 Å². The van der Waals surface area contributed by atoms with Gasteiger partial charge in [0.1, 0.15) is 5.84 Å². The van der Waals surface area contributed by atoms with E-state index in [0.29, 0.717) is 5.84 Å². The average molecular weight is 278 g/mol. The molecule has 0 unspecified atom stereocenters. The lowest BCUT2D eigenvalue weighted by Gasteiger charge is -2.33. The summed E-state index contributed by atoms with van der Waals surface area (Å²) in [7, 11) is 0. The van der Waals surface area contributed by atoms with Crippen LogP contribution in [0.5, 0.6) is 0 Å². The maximum absolute atomic E-state index is 8.34. The number of nitrogens with one attached hydrogen (secondary N) is 1. The zero-order chi connectivity index (χ0) is 14.5. The molecule has 1 N–H and O–H groups in total. The number of nitrogens with zero attached hydrogens (tertiary/aromatic N) is 1. The number of likely N-dealkylation sites (tertiary alicyclic amines) is 1. The third kappa shape index (κ3) is 3.52. The van der Waals surface area contributed by atoms with Crippen LogP contribution in [0, 0.1) is 11.3 Å². The molecule has 1 aliphatic heterocycles. The highest BCUT2D eigenvalue weighted by Crippen LogP contribution is 2.22. The van der Waals surface area contributed by atoms with Gasteiger partial charge in [-0.05, 0) is 30.7 Å². The van der Waals surface area contributed by atoms with Gasteiger partial charge in [-0.3, -0.25) is 5.41 Å². The summed E-state index contributed by atoms with van der Waals surface area (Å²) in [6, 6.07) is 20.8. The molecule has 3 rings (SSSR count). The van der Waals surface area contributed by atoms with Gasteiger partial charge in [-0.2, -0.15) is 0 Å². The number of hydrogen-bond donors (Lipinski definition) is 1. The molecule has 108 valence electrons. The Balaban J connectivity index is 1.54. The zero-order valence-corrected chi connectivity index (χ0v) is 12.3. The average Bonchev–Trinajstić information content (AvgIpc) is 2.57. The Morgan fingerprint density at radius 1 is 0.905 bits per heavy atom. The molecule has 0 amide bonds. The summed E-state index contributed by atoms with van der Waals surface area (Å²) in [6.07, 6.45) is 3.54. The summed E-state index contributed by atoms with van der Waals surface area (Å²) >= 11 is 0. The molecule has 1 heterocycles. The van der Waals surface area contributed by atoms with Gasteiger partial charge in [0.2, 0.25) is 0 Å². The van der Waals surface area contributed by atoms with Crippen molar-refractivity contribution in [2.75, 3.05) is 13.1 Å². The second-order valence-corrected chi connectivity index (χ2v) is 5.83. The van der Waals surface area contributed by atoms with Gasteiger partial charge in [0, 0.05) is 18.7 Å². The highest BCUT2D eigenvalue weighted by Gasteiger charge is 2.21. The summed E-state index contributed by atoms with van der Waals surface area (Å²) in [6.45, 7) is 2.01. The zero-order valence-electron chi connectivity index (χ0n) is 12.3. The van der Waals surface area contributed by atoms with Crippen LogP contribution in [0.15, 0.2) is 60.7 Å². The summed E-state index contributed by atoms with van der Waals surface area (Å²) in [5.74, 6) is 1.43. The molecule has 0 saturated carbocycles. The quantitative estimate of drug-likeness (QED) is 0.667. The standard InChI is InChI=1S/C19H22N2/c20-19(18-9-5-2-6-10-18)21-13-11-17(12-14-21)15-16-7-3-1-4-8-16/h1-10,17,20H,11-15H2. The molecule has 0 aromatic heterocycles. The van der Waals surface area contributed by atoms with Gasteiger partial charge in [-0.25, -0.2) is 0 Å². The fourth-order valence-electron chi connectivity index (χ4n) is 3.09. The lowest BCUT2D eigenvalue weighted by atomic mass is 9.90. The van der Waals surface area contributed by atoms with E-state index >= 15 is 0 Å². The van der Waals surface area contributed by atoms with E-state index in [1.165, 1.54) is 24.8 Å². The first kappa shape index (κ1) is 13.9. The number of piperidine rings is 1. The molecule has 1 aliphatic rings. The third-order valence-corrected chi connectivity index (χ3v) is 4.35. The Bertz CT molecular complexity index is 569. The van der Waals surface area contributed by atoms with Crippen molar-refractivity contribution >= 4 is 5.84 Å². The van der Waals surface area contributed by atoms with Crippen molar-refractivity contribution in [3.05, 3.63) is 71.8 Å². The van der Waals surface area contributed by atoms with Gasteiger partial charge in [0.25, 0.3) is 0 Å². The molecule has 0 aliphatic carbocycles. The van der Waals surface area contributed by atoms with Crippen molar-refractivity contribution < 1.29 is 0 Å². The molecule has 0 radical (unpaired) electrons. The molecule has 0 bridgehead atoms.